The summed E-state index contributed by atoms with van der Waals surface area (Å²) in [4.78, 5) is 36.1. The van der Waals surface area contributed by atoms with E-state index in [4.69, 9.17) is 18.9 Å². The zero-order chi connectivity index (χ0) is 20.6. The van der Waals surface area contributed by atoms with Gasteiger partial charge in [0, 0.05) is 6.92 Å². The summed E-state index contributed by atoms with van der Waals surface area (Å²) < 4.78 is 21.6. The van der Waals surface area contributed by atoms with Gasteiger partial charge < -0.3 is 18.9 Å². The highest BCUT2D eigenvalue weighted by Gasteiger charge is 2.38. The van der Waals surface area contributed by atoms with Gasteiger partial charge in [0.15, 0.2) is 18.3 Å². The lowest BCUT2D eigenvalue weighted by molar-refractivity contribution is -0.165. The van der Waals surface area contributed by atoms with Crippen LogP contribution in [0.5, 0.6) is 0 Å². The Labute approximate surface area is 167 Å². The molecule has 3 atom stereocenters. The summed E-state index contributed by atoms with van der Waals surface area (Å²) in [7, 11) is 0. The van der Waals surface area contributed by atoms with Crippen LogP contribution in [0.25, 0.3) is 0 Å². The molecule has 0 fully saturated rings. The Balaban J connectivity index is 1.68. The van der Waals surface area contributed by atoms with Crippen molar-refractivity contribution >= 4 is 17.9 Å². The monoisotopic (exact) mass is 396 g/mol. The molecule has 3 rings (SSSR count). The normalized spacial score (nSPS) is 20.2. The minimum absolute atomic E-state index is 0.185. The summed E-state index contributed by atoms with van der Waals surface area (Å²) in [5.41, 5.74) is 0.746. The van der Waals surface area contributed by atoms with Crippen LogP contribution in [0, 0.1) is 0 Å². The van der Waals surface area contributed by atoms with Crippen LogP contribution < -0.4 is 0 Å². The highest BCUT2D eigenvalue weighted by molar-refractivity contribution is 5.90. The van der Waals surface area contributed by atoms with E-state index < -0.39 is 36.2 Å². The number of carbonyl (C=O) groups is 3. The molecule has 0 saturated heterocycles. The Morgan fingerprint density at radius 1 is 0.862 bits per heavy atom. The van der Waals surface area contributed by atoms with Gasteiger partial charge in [-0.3, -0.25) is 4.79 Å². The number of rotatable bonds is 6. The third kappa shape index (κ3) is 5.44. The topological polar surface area (TPSA) is 88.1 Å². The number of hydrogen-bond donors (Lipinski definition) is 0. The third-order valence-corrected chi connectivity index (χ3v) is 4.15. The minimum Gasteiger partial charge on any atom is -0.491 e. The van der Waals surface area contributed by atoms with Crippen molar-refractivity contribution in [2.45, 2.75) is 25.2 Å². The molecule has 1 aliphatic rings. The molecule has 0 amide bonds. The van der Waals surface area contributed by atoms with Gasteiger partial charge in [-0.2, -0.15) is 0 Å². The largest absolute Gasteiger partial charge is 0.491 e. The second-order valence-corrected chi connectivity index (χ2v) is 6.28. The Hall–Kier alpha value is -3.61. The van der Waals surface area contributed by atoms with E-state index in [9.17, 15) is 14.4 Å². The van der Waals surface area contributed by atoms with Crippen LogP contribution in [0.3, 0.4) is 0 Å². The van der Waals surface area contributed by atoms with Crippen molar-refractivity contribution in [2.75, 3.05) is 6.61 Å². The first-order valence-electron chi connectivity index (χ1n) is 9.02. The molecule has 29 heavy (non-hydrogen) atoms. The first-order chi connectivity index (χ1) is 14.0. The predicted octanol–water partition coefficient (Wildman–Crippen LogP) is 2.91. The van der Waals surface area contributed by atoms with Gasteiger partial charge in [-0.05, 0) is 30.3 Å². The predicted molar refractivity (Wildman–Crippen MR) is 102 cm³/mol. The Morgan fingerprint density at radius 2 is 1.45 bits per heavy atom. The van der Waals surface area contributed by atoms with Crippen molar-refractivity contribution in [3.63, 3.8) is 0 Å². The van der Waals surface area contributed by atoms with Crippen LogP contribution in [0.15, 0.2) is 73.0 Å². The van der Waals surface area contributed by atoms with E-state index in [0.717, 1.165) is 0 Å². The molecule has 0 saturated carbocycles. The third-order valence-electron chi connectivity index (χ3n) is 4.15. The maximum atomic E-state index is 12.4. The van der Waals surface area contributed by atoms with Crippen LogP contribution in [0.2, 0.25) is 0 Å². The van der Waals surface area contributed by atoms with Gasteiger partial charge in [-0.1, -0.05) is 36.4 Å². The lowest BCUT2D eigenvalue weighted by atomic mass is 10.1. The highest BCUT2D eigenvalue weighted by Crippen LogP contribution is 2.21. The molecule has 7 heteroatoms. The van der Waals surface area contributed by atoms with Crippen LogP contribution in [0.1, 0.15) is 27.6 Å². The van der Waals surface area contributed by atoms with Crippen molar-refractivity contribution < 1.29 is 33.3 Å². The maximum absolute atomic E-state index is 12.4. The van der Waals surface area contributed by atoms with E-state index in [0.29, 0.717) is 11.1 Å². The van der Waals surface area contributed by atoms with Gasteiger partial charge in [-0.15, -0.1) is 0 Å². The van der Waals surface area contributed by atoms with Crippen LogP contribution in [-0.2, 0) is 23.7 Å². The van der Waals surface area contributed by atoms with Crippen molar-refractivity contribution in [1.29, 1.82) is 0 Å². The average molecular weight is 396 g/mol. The molecule has 7 nitrogen and oxygen atoms in total. The fourth-order valence-corrected chi connectivity index (χ4v) is 2.78. The van der Waals surface area contributed by atoms with E-state index in [1.807, 2.05) is 0 Å². The first kappa shape index (κ1) is 20.1. The second-order valence-electron chi connectivity index (χ2n) is 6.28. The molecule has 2 aromatic rings. The number of ether oxygens (including phenoxy) is 4. The SMILES string of the molecule is CC(=O)OC1C(OC(=O)c2ccccc2)C=COC1COC(=O)c1ccccc1. The maximum Gasteiger partial charge on any atom is 0.338 e. The molecular weight excluding hydrogens is 376 g/mol. The van der Waals surface area contributed by atoms with Crippen molar-refractivity contribution in [3.8, 4) is 0 Å². The van der Waals surface area contributed by atoms with Gasteiger partial charge in [0.1, 0.15) is 6.61 Å². The molecule has 0 bridgehead atoms. The summed E-state index contributed by atoms with van der Waals surface area (Å²) in [6.07, 6.45) is 0.133. The molecule has 2 aromatic carbocycles. The van der Waals surface area contributed by atoms with E-state index in [-0.39, 0.29) is 6.61 Å². The fraction of sp³-hybridized carbons (Fsp3) is 0.227. The quantitative estimate of drug-likeness (QED) is 0.548. The second kappa shape index (κ2) is 9.54. The van der Waals surface area contributed by atoms with Crippen molar-refractivity contribution in [3.05, 3.63) is 84.1 Å². The van der Waals surface area contributed by atoms with Gasteiger partial charge in [0.25, 0.3) is 0 Å². The molecular formula is C22H20O7. The van der Waals surface area contributed by atoms with Gasteiger partial charge in [-0.25, -0.2) is 9.59 Å². The fourth-order valence-electron chi connectivity index (χ4n) is 2.78. The molecule has 0 spiro atoms. The van der Waals surface area contributed by atoms with E-state index in [1.54, 1.807) is 60.7 Å². The molecule has 0 aromatic heterocycles. The summed E-state index contributed by atoms with van der Waals surface area (Å²) in [5, 5.41) is 0. The Kier molecular flexibility index (Phi) is 6.63. The Morgan fingerprint density at radius 3 is 2.03 bits per heavy atom. The number of esters is 3. The van der Waals surface area contributed by atoms with E-state index in [2.05, 4.69) is 0 Å². The first-order valence-corrected chi connectivity index (χ1v) is 9.02. The minimum atomic E-state index is -0.964. The summed E-state index contributed by atoms with van der Waals surface area (Å²) in [6.45, 7) is 1.05. The lowest BCUT2D eigenvalue weighted by Gasteiger charge is -2.33. The molecule has 3 unspecified atom stereocenters. The van der Waals surface area contributed by atoms with E-state index >= 15 is 0 Å². The Bertz CT molecular complexity index is 877. The van der Waals surface area contributed by atoms with E-state index in [1.165, 1.54) is 19.3 Å². The number of hydrogen-bond acceptors (Lipinski definition) is 7. The number of carbonyl (C=O) groups excluding carboxylic acids is 3. The molecule has 0 aliphatic carbocycles. The molecule has 0 radical (unpaired) electrons. The summed E-state index contributed by atoms with van der Waals surface area (Å²) >= 11 is 0. The van der Waals surface area contributed by atoms with Crippen LogP contribution in [-0.4, -0.2) is 42.8 Å². The van der Waals surface area contributed by atoms with Gasteiger partial charge in [0.05, 0.1) is 17.4 Å². The molecule has 0 N–H and O–H groups in total. The molecule has 150 valence electrons. The van der Waals surface area contributed by atoms with Crippen LogP contribution >= 0.6 is 0 Å². The smallest absolute Gasteiger partial charge is 0.338 e. The lowest BCUT2D eigenvalue weighted by Crippen LogP contribution is -2.47. The zero-order valence-corrected chi connectivity index (χ0v) is 15.7. The van der Waals surface area contributed by atoms with Crippen molar-refractivity contribution in [1.82, 2.24) is 0 Å². The van der Waals surface area contributed by atoms with Gasteiger partial charge >= 0.3 is 17.9 Å². The molecule has 1 aliphatic heterocycles. The summed E-state index contributed by atoms with van der Waals surface area (Å²) in [6, 6.07) is 16.9. The molecule has 1 heterocycles. The highest BCUT2D eigenvalue weighted by atomic mass is 16.6. The van der Waals surface area contributed by atoms with Crippen LogP contribution in [0.4, 0.5) is 0 Å². The van der Waals surface area contributed by atoms with Crippen molar-refractivity contribution in [2.24, 2.45) is 0 Å². The number of benzene rings is 2. The standard InChI is InChI=1S/C22H20O7/c1-15(23)28-20-18(29-22(25)17-10-6-3-7-11-17)12-13-26-19(20)14-27-21(24)16-8-4-2-5-9-16/h2-13,18-20H,14H2,1H3. The average Bonchev–Trinajstić information content (AvgIpc) is 2.74. The summed E-state index contributed by atoms with van der Waals surface area (Å²) in [5.74, 6) is -1.68. The van der Waals surface area contributed by atoms with Gasteiger partial charge in [0.2, 0.25) is 0 Å². The zero-order valence-electron chi connectivity index (χ0n) is 15.7.